The van der Waals surface area contributed by atoms with Crippen molar-refractivity contribution in [3.05, 3.63) is 23.8 Å². The summed E-state index contributed by atoms with van der Waals surface area (Å²) in [5, 5.41) is 0. The zero-order valence-electron chi connectivity index (χ0n) is 22.9. The van der Waals surface area contributed by atoms with E-state index in [9.17, 15) is 24.0 Å². The molecule has 2 aliphatic heterocycles. The quantitative estimate of drug-likeness (QED) is 0.302. The Labute approximate surface area is 230 Å². The number of hydrogen-bond acceptors (Lipinski definition) is 13. The van der Waals surface area contributed by atoms with E-state index in [0.717, 1.165) is 20.8 Å². The summed E-state index contributed by atoms with van der Waals surface area (Å²) in [6.45, 7) is 5.92. The summed E-state index contributed by atoms with van der Waals surface area (Å²) in [6, 6.07) is 4.49. The second-order valence-electron chi connectivity index (χ2n) is 8.96. The van der Waals surface area contributed by atoms with Gasteiger partial charge in [-0.15, -0.1) is 0 Å². The molecule has 0 aromatic heterocycles. The van der Waals surface area contributed by atoms with Gasteiger partial charge in [0.25, 0.3) is 5.91 Å². The Morgan fingerprint density at radius 2 is 1.43 bits per heavy atom. The van der Waals surface area contributed by atoms with Crippen LogP contribution in [0, 0.1) is 0 Å². The van der Waals surface area contributed by atoms with E-state index in [2.05, 4.69) is 0 Å². The molecule has 0 aliphatic carbocycles. The topological polar surface area (TPSA) is 162 Å². The van der Waals surface area contributed by atoms with Crippen LogP contribution in [0.1, 0.15) is 38.1 Å². The molecular formula is C26H33NO13. The van der Waals surface area contributed by atoms with E-state index in [-0.39, 0.29) is 17.4 Å². The number of morpholine rings is 1. The summed E-state index contributed by atoms with van der Waals surface area (Å²) in [5.41, 5.74) is 0.340. The maximum Gasteiger partial charge on any atom is 0.303 e. The van der Waals surface area contributed by atoms with Crippen LogP contribution in [0.25, 0.3) is 0 Å². The van der Waals surface area contributed by atoms with E-state index < -0.39 is 61.2 Å². The fourth-order valence-corrected chi connectivity index (χ4v) is 4.26. The van der Waals surface area contributed by atoms with Crippen molar-refractivity contribution >= 4 is 29.8 Å². The predicted molar refractivity (Wildman–Crippen MR) is 132 cm³/mol. The number of ether oxygens (including phenoxy) is 8. The Morgan fingerprint density at radius 3 is 2.00 bits per heavy atom. The fourth-order valence-electron chi connectivity index (χ4n) is 4.26. The zero-order chi connectivity index (χ0) is 29.4. The van der Waals surface area contributed by atoms with Gasteiger partial charge in [-0.2, -0.15) is 0 Å². The Kier molecular flexibility index (Phi) is 10.7. The van der Waals surface area contributed by atoms with Gasteiger partial charge in [0.2, 0.25) is 12.4 Å². The van der Waals surface area contributed by atoms with Crippen molar-refractivity contribution in [2.45, 2.75) is 58.4 Å². The van der Waals surface area contributed by atoms with Crippen molar-refractivity contribution in [1.82, 2.24) is 4.90 Å². The highest BCUT2D eigenvalue weighted by atomic mass is 16.7. The minimum absolute atomic E-state index is 0.0990. The first-order valence-corrected chi connectivity index (χ1v) is 12.5. The van der Waals surface area contributed by atoms with Crippen LogP contribution in [-0.2, 0) is 47.6 Å². The van der Waals surface area contributed by atoms with E-state index in [1.165, 1.54) is 32.2 Å². The van der Waals surface area contributed by atoms with Crippen molar-refractivity contribution < 1.29 is 61.9 Å². The lowest BCUT2D eigenvalue weighted by Gasteiger charge is -2.44. The molecule has 0 spiro atoms. The van der Waals surface area contributed by atoms with E-state index in [0.29, 0.717) is 31.9 Å². The molecule has 1 amide bonds. The van der Waals surface area contributed by atoms with Crippen molar-refractivity contribution in [1.29, 1.82) is 0 Å². The standard InChI is InChI=1S/C26H33NO13/c1-14(28)35-13-21-22(36-15(2)29)23(37-16(3)30)24(38-17(4)31)26(40-21)39-19-7-6-18(12-20(19)33-5)25(32)27-8-10-34-11-9-27/h6-7,12,21-24,26H,8-11,13H2,1-5H3/t21-,22-,23+,24-,26+/m0/s1. The SMILES string of the molecule is COc1cc(C(=O)N2CCOCC2)ccc1O[C@@H]1O[C@@H](COC(C)=O)[C@H](OC(C)=O)[C@@H](OC(C)=O)[C@@H]1OC(C)=O. The number of carbonyl (C=O) groups excluding carboxylic acids is 5. The molecule has 2 aliphatic rings. The first-order valence-electron chi connectivity index (χ1n) is 12.5. The molecule has 0 unspecified atom stereocenters. The molecule has 40 heavy (non-hydrogen) atoms. The molecule has 1 aromatic carbocycles. The largest absolute Gasteiger partial charge is 0.493 e. The zero-order valence-corrected chi connectivity index (χ0v) is 22.9. The molecule has 1 aromatic rings. The predicted octanol–water partition coefficient (Wildman–Crippen LogP) is 0.630. The second-order valence-corrected chi connectivity index (χ2v) is 8.96. The van der Waals surface area contributed by atoms with Crippen molar-refractivity contribution in [2.75, 3.05) is 40.0 Å². The van der Waals surface area contributed by atoms with Crippen molar-refractivity contribution in [2.24, 2.45) is 0 Å². The van der Waals surface area contributed by atoms with Gasteiger partial charge in [0.15, 0.2) is 23.7 Å². The smallest absolute Gasteiger partial charge is 0.303 e. The first-order chi connectivity index (χ1) is 19.0. The normalized spacial score (nSPS) is 24.3. The minimum atomic E-state index is -1.45. The Morgan fingerprint density at radius 1 is 0.825 bits per heavy atom. The number of esters is 4. The van der Waals surface area contributed by atoms with E-state index in [1.54, 1.807) is 4.90 Å². The van der Waals surface area contributed by atoms with Gasteiger partial charge in [0, 0.05) is 46.3 Å². The van der Waals surface area contributed by atoms with Crippen LogP contribution in [0.2, 0.25) is 0 Å². The highest BCUT2D eigenvalue weighted by Crippen LogP contribution is 2.35. The lowest BCUT2D eigenvalue weighted by molar-refractivity contribution is -0.288. The highest BCUT2D eigenvalue weighted by molar-refractivity contribution is 5.95. The molecule has 3 rings (SSSR count). The average Bonchev–Trinajstić information content (AvgIpc) is 2.90. The van der Waals surface area contributed by atoms with Gasteiger partial charge in [-0.25, -0.2) is 0 Å². The Balaban J connectivity index is 1.96. The Bertz CT molecular complexity index is 1100. The Hall–Kier alpha value is -3.91. The van der Waals surface area contributed by atoms with Crippen LogP contribution in [0.15, 0.2) is 18.2 Å². The second kappa shape index (κ2) is 13.9. The molecule has 2 heterocycles. The molecule has 2 fully saturated rings. The van der Waals surface area contributed by atoms with Gasteiger partial charge in [0.1, 0.15) is 12.7 Å². The van der Waals surface area contributed by atoms with Gasteiger partial charge in [-0.1, -0.05) is 0 Å². The van der Waals surface area contributed by atoms with E-state index >= 15 is 0 Å². The summed E-state index contributed by atoms with van der Waals surface area (Å²) in [6.07, 6.45) is -6.76. The van der Waals surface area contributed by atoms with Crippen LogP contribution in [-0.4, -0.2) is 105 Å². The summed E-state index contributed by atoms with van der Waals surface area (Å²) < 4.78 is 44.0. The lowest BCUT2D eigenvalue weighted by Crippen LogP contribution is -2.63. The van der Waals surface area contributed by atoms with Crippen LogP contribution >= 0.6 is 0 Å². The molecular weight excluding hydrogens is 534 g/mol. The molecule has 2 saturated heterocycles. The molecule has 14 nitrogen and oxygen atoms in total. The summed E-state index contributed by atoms with van der Waals surface area (Å²) in [5.74, 6) is -2.89. The minimum Gasteiger partial charge on any atom is -0.493 e. The van der Waals surface area contributed by atoms with Gasteiger partial charge < -0.3 is 42.8 Å². The van der Waals surface area contributed by atoms with Gasteiger partial charge >= 0.3 is 23.9 Å². The fraction of sp³-hybridized carbons (Fsp3) is 0.577. The number of methoxy groups -OCH3 is 1. The maximum absolute atomic E-state index is 12.9. The summed E-state index contributed by atoms with van der Waals surface area (Å²) in [4.78, 5) is 62.0. The van der Waals surface area contributed by atoms with E-state index in [4.69, 9.17) is 37.9 Å². The molecule has 220 valence electrons. The van der Waals surface area contributed by atoms with Gasteiger partial charge in [-0.3, -0.25) is 24.0 Å². The number of rotatable bonds is 9. The molecule has 5 atom stereocenters. The van der Waals surface area contributed by atoms with Crippen LogP contribution < -0.4 is 9.47 Å². The van der Waals surface area contributed by atoms with E-state index in [1.807, 2.05) is 0 Å². The molecule has 14 heteroatoms. The third-order valence-corrected chi connectivity index (χ3v) is 5.90. The van der Waals surface area contributed by atoms with Gasteiger partial charge in [0.05, 0.1) is 20.3 Å². The molecule has 0 N–H and O–H groups in total. The van der Waals surface area contributed by atoms with Crippen LogP contribution in [0.3, 0.4) is 0 Å². The third-order valence-electron chi connectivity index (χ3n) is 5.90. The summed E-state index contributed by atoms with van der Waals surface area (Å²) in [7, 11) is 1.37. The number of benzene rings is 1. The number of amides is 1. The summed E-state index contributed by atoms with van der Waals surface area (Å²) >= 11 is 0. The van der Waals surface area contributed by atoms with Gasteiger partial charge in [-0.05, 0) is 18.2 Å². The number of carbonyl (C=O) groups is 5. The van der Waals surface area contributed by atoms with Crippen molar-refractivity contribution in [3.8, 4) is 11.5 Å². The van der Waals surface area contributed by atoms with Crippen LogP contribution in [0.4, 0.5) is 0 Å². The number of hydrogen-bond donors (Lipinski definition) is 0. The highest BCUT2D eigenvalue weighted by Gasteiger charge is 2.53. The molecule has 0 saturated carbocycles. The monoisotopic (exact) mass is 567 g/mol. The third kappa shape index (κ3) is 8.05. The number of nitrogens with zero attached hydrogens (tertiary/aromatic N) is 1. The first kappa shape index (κ1) is 30.6. The lowest BCUT2D eigenvalue weighted by atomic mass is 9.98. The van der Waals surface area contributed by atoms with Crippen molar-refractivity contribution in [3.63, 3.8) is 0 Å². The molecule has 0 bridgehead atoms. The maximum atomic E-state index is 12.9. The van der Waals surface area contributed by atoms with Crippen LogP contribution in [0.5, 0.6) is 11.5 Å². The molecule has 0 radical (unpaired) electrons. The average molecular weight is 568 g/mol.